The fourth-order valence-corrected chi connectivity index (χ4v) is 2.31. The molecule has 0 radical (unpaired) electrons. The molecule has 0 aromatic carbocycles. The standard InChI is InChI=1S/C15H23N3O2/c1-3-4-7-20-15(19)18-10-13-8-14-11(2)16-6-5-12(14)9-17-13/h8-9,11,16H,3-7,10H2,1-2H3,(H,18,19). The number of hydrogen-bond donors (Lipinski definition) is 2. The third kappa shape index (κ3) is 3.93. The molecule has 1 aliphatic heterocycles. The smallest absolute Gasteiger partial charge is 0.407 e. The highest BCUT2D eigenvalue weighted by Gasteiger charge is 2.16. The van der Waals surface area contributed by atoms with Gasteiger partial charge in [0.25, 0.3) is 0 Å². The lowest BCUT2D eigenvalue weighted by molar-refractivity contribution is 0.144. The topological polar surface area (TPSA) is 63.2 Å². The van der Waals surface area contributed by atoms with Crippen LogP contribution in [0.3, 0.4) is 0 Å². The van der Waals surface area contributed by atoms with Crippen molar-refractivity contribution in [3.05, 3.63) is 29.1 Å². The quantitative estimate of drug-likeness (QED) is 0.811. The summed E-state index contributed by atoms with van der Waals surface area (Å²) in [4.78, 5) is 15.9. The normalized spacial score (nSPS) is 17.4. The number of nitrogens with one attached hydrogen (secondary N) is 2. The van der Waals surface area contributed by atoms with Gasteiger partial charge < -0.3 is 15.4 Å². The maximum Gasteiger partial charge on any atom is 0.407 e. The average molecular weight is 277 g/mol. The molecule has 0 spiro atoms. The van der Waals surface area contributed by atoms with Crippen molar-refractivity contribution < 1.29 is 9.53 Å². The van der Waals surface area contributed by atoms with Crippen LogP contribution in [0.2, 0.25) is 0 Å². The van der Waals surface area contributed by atoms with Gasteiger partial charge in [0.1, 0.15) is 0 Å². The summed E-state index contributed by atoms with van der Waals surface area (Å²) in [5.41, 5.74) is 3.44. The highest BCUT2D eigenvalue weighted by atomic mass is 16.5. The molecule has 0 saturated heterocycles. The van der Waals surface area contributed by atoms with Crippen molar-refractivity contribution in [2.45, 2.75) is 45.7 Å². The van der Waals surface area contributed by atoms with E-state index in [2.05, 4.69) is 35.5 Å². The van der Waals surface area contributed by atoms with Crippen LogP contribution in [0.1, 0.15) is 49.6 Å². The fourth-order valence-electron chi connectivity index (χ4n) is 2.31. The summed E-state index contributed by atoms with van der Waals surface area (Å²) in [6, 6.07) is 2.41. The first-order valence-corrected chi connectivity index (χ1v) is 7.32. The van der Waals surface area contributed by atoms with E-state index in [9.17, 15) is 4.79 Å². The molecule has 5 heteroatoms. The number of unbranched alkanes of at least 4 members (excludes halogenated alkanes) is 1. The van der Waals surface area contributed by atoms with Crippen molar-refractivity contribution in [3.8, 4) is 0 Å². The minimum atomic E-state index is -0.371. The molecular formula is C15H23N3O2. The van der Waals surface area contributed by atoms with E-state index in [1.165, 1.54) is 11.1 Å². The van der Waals surface area contributed by atoms with Crippen LogP contribution in [0.5, 0.6) is 0 Å². The summed E-state index contributed by atoms with van der Waals surface area (Å²) in [6.45, 7) is 6.09. The molecule has 1 unspecified atom stereocenters. The predicted molar refractivity (Wildman–Crippen MR) is 77.5 cm³/mol. The first-order valence-electron chi connectivity index (χ1n) is 7.32. The third-order valence-corrected chi connectivity index (χ3v) is 3.54. The Balaban J connectivity index is 1.87. The van der Waals surface area contributed by atoms with Crippen LogP contribution in [-0.2, 0) is 17.7 Å². The number of carbonyl (C=O) groups is 1. The lowest BCUT2D eigenvalue weighted by Gasteiger charge is -2.24. The Morgan fingerprint density at radius 3 is 3.25 bits per heavy atom. The summed E-state index contributed by atoms with van der Waals surface area (Å²) < 4.78 is 5.05. The van der Waals surface area contributed by atoms with Crippen LogP contribution in [-0.4, -0.2) is 24.2 Å². The van der Waals surface area contributed by atoms with Crippen LogP contribution in [0.4, 0.5) is 4.79 Å². The Labute approximate surface area is 120 Å². The zero-order valence-corrected chi connectivity index (χ0v) is 12.2. The molecule has 0 bridgehead atoms. The Morgan fingerprint density at radius 2 is 2.45 bits per heavy atom. The van der Waals surface area contributed by atoms with E-state index in [-0.39, 0.29) is 6.09 Å². The number of pyridine rings is 1. The molecule has 0 fully saturated rings. The van der Waals surface area contributed by atoms with Gasteiger partial charge in [-0.05, 0) is 43.5 Å². The number of amides is 1. The monoisotopic (exact) mass is 277 g/mol. The molecule has 1 aliphatic rings. The van der Waals surface area contributed by atoms with Crippen molar-refractivity contribution >= 4 is 6.09 Å². The van der Waals surface area contributed by atoms with E-state index in [1.54, 1.807) is 0 Å². The minimum absolute atomic E-state index is 0.344. The number of carbonyl (C=O) groups excluding carboxylic acids is 1. The zero-order valence-electron chi connectivity index (χ0n) is 12.2. The van der Waals surface area contributed by atoms with E-state index < -0.39 is 0 Å². The lowest BCUT2D eigenvalue weighted by Crippen LogP contribution is -2.29. The number of hydrogen-bond acceptors (Lipinski definition) is 4. The molecule has 2 N–H and O–H groups in total. The Kier molecular flexibility index (Phi) is 5.35. The highest BCUT2D eigenvalue weighted by Crippen LogP contribution is 2.22. The second kappa shape index (κ2) is 7.24. The molecule has 20 heavy (non-hydrogen) atoms. The number of fused-ring (bicyclic) bond motifs is 1. The summed E-state index contributed by atoms with van der Waals surface area (Å²) in [5, 5.41) is 6.16. The van der Waals surface area contributed by atoms with Gasteiger partial charge >= 0.3 is 6.09 Å². The molecule has 2 heterocycles. The van der Waals surface area contributed by atoms with Crippen LogP contribution >= 0.6 is 0 Å². The molecule has 1 aromatic rings. The van der Waals surface area contributed by atoms with E-state index in [0.717, 1.165) is 31.5 Å². The second-order valence-electron chi connectivity index (χ2n) is 5.14. The maximum absolute atomic E-state index is 11.5. The van der Waals surface area contributed by atoms with E-state index >= 15 is 0 Å². The van der Waals surface area contributed by atoms with Gasteiger partial charge in [-0.25, -0.2) is 4.79 Å². The lowest BCUT2D eigenvalue weighted by atomic mass is 9.96. The van der Waals surface area contributed by atoms with E-state index in [0.29, 0.717) is 19.2 Å². The number of rotatable bonds is 5. The first kappa shape index (κ1) is 14.8. The Bertz CT molecular complexity index is 462. The number of alkyl carbamates (subject to hydrolysis) is 1. The van der Waals surface area contributed by atoms with Crippen molar-refractivity contribution in [1.29, 1.82) is 0 Å². The number of nitrogens with zero attached hydrogens (tertiary/aromatic N) is 1. The van der Waals surface area contributed by atoms with Gasteiger partial charge in [0.2, 0.25) is 0 Å². The minimum Gasteiger partial charge on any atom is -0.450 e. The van der Waals surface area contributed by atoms with E-state index in [1.807, 2.05) is 6.20 Å². The largest absolute Gasteiger partial charge is 0.450 e. The second-order valence-corrected chi connectivity index (χ2v) is 5.14. The molecule has 0 aliphatic carbocycles. The van der Waals surface area contributed by atoms with Crippen molar-refractivity contribution in [2.75, 3.05) is 13.2 Å². The fraction of sp³-hybridized carbons (Fsp3) is 0.600. The summed E-state index contributed by atoms with van der Waals surface area (Å²) in [5.74, 6) is 0. The molecular weight excluding hydrogens is 254 g/mol. The number of aromatic nitrogens is 1. The van der Waals surface area contributed by atoms with E-state index in [4.69, 9.17) is 4.74 Å². The Morgan fingerprint density at radius 1 is 1.60 bits per heavy atom. The summed E-state index contributed by atoms with van der Waals surface area (Å²) >= 11 is 0. The van der Waals surface area contributed by atoms with Crippen LogP contribution in [0.25, 0.3) is 0 Å². The zero-order chi connectivity index (χ0) is 14.4. The van der Waals surface area contributed by atoms with Gasteiger partial charge in [0, 0.05) is 12.2 Å². The maximum atomic E-state index is 11.5. The highest BCUT2D eigenvalue weighted by molar-refractivity contribution is 5.67. The molecule has 0 saturated carbocycles. The van der Waals surface area contributed by atoms with Gasteiger partial charge in [-0.1, -0.05) is 13.3 Å². The summed E-state index contributed by atoms with van der Waals surface area (Å²) in [7, 11) is 0. The molecule has 2 rings (SSSR count). The van der Waals surface area contributed by atoms with Crippen molar-refractivity contribution in [2.24, 2.45) is 0 Å². The van der Waals surface area contributed by atoms with Gasteiger partial charge in [-0.2, -0.15) is 0 Å². The number of ether oxygens (including phenoxy) is 1. The van der Waals surface area contributed by atoms with Crippen LogP contribution in [0.15, 0.2) is 12.3 Å². The van der Waals surface area contributed by atoms with Crippen LogP contribution < -0.4 is 10.6 Å². The predicted octanol–water partition coefficient (Wildman–Crippen LogP) is 2.31. The van der Waals surface area contributed by atoms with Gasteiger partial charge in [0.15, 0.2) is 0 Å². The Hall–Kier alpha value is -1.62. The van der Waals surface area contributed by atoms with Gasteiger partial charge in [-0.15, -0.1) is 0 Å². The van der Waals surface area contributed by atoms with Crippen molar-refractivity contribution in [3.63, 3.8) is 0 Å². The van der Waals surface area contributed by atoms with Gasteiger partial charge in [0.05, 0.1) is 18.8 Å². The summed E-state index contributed by atoms with van der Waals surface area (Å²) in [6.07, 6.45) is 4.48. The molecule has 1 aromatic heterocycles. The molecule has 5 nitrogen and oxygen atoms in total. The molecule has 110 valence electrons. The third-order valence-electron chi connectivity index (χ3n) is 3.54. The molecule has 1 atom stereocenters. The molecule has 1 amide bonds. The van der Waals surface area contributed by atoms with Crippen molar-refractivity contribution in [1.82, 2.24) is 15.6 Å². The SMILES string of the molecule is CCCCOC(=O)NCc1cc2c(cn1)CCNC2C. The van der Waals surface area contributed by atoms with Crippen LogP contribution in [0, 0.1) is 0 Å². The average Bonchev–Trinajstić information content (AvgIpc) is 2.46. The first-order chi connectivity index (χ1) is 9.70. The van der Waals surface area contributed by atoms with Gasteiger partial charge in [-0.3, -0.25) is 4.98 Å².